The molecule has 0 aliphatic carbocycles. The van der Waals surface area contributed by atoms with Gasteiger partial charge in [0, 0.05) is 13.1 Å². The lowest BCUT2D eigenvalue weighted by atomic mass is 10.5. The van der Waals surface area contributed by atoms with E-state index in [2.05, 4.69) is 5.32 Å². The Kier molecular flexibility index (Phi) is 4.21. The molecule has 1 N–H and O–H groups in total. The summed E-state index contributed by atoms with van der Waals surface area (Å²) in [6, 6.07) is 0. The third-order valence-corrected chi connectivity index (χ3v) is 2.72. The molecule has 1 saturated heterocycles. The summed E-state index contributed by atoms with van der Waals surface area (Å²) in [7, 11) is 0. The molecule has 7 heteroatoms. The highest BCUT2D eigenvalue weighted by molar-refractivity contribution is 8.14. The van der Waals surface area contributed by atoms with Crippen molar-refractivity contribution in [3.63, 3.8) is 0 Å². The predicted molar refractivity (Wildman–Crippen MR) is 53.3 cm³/mol. The van der Waals surface area contributed by atoms with Crippen molar-refractivity contribution in [1.82, 2.24) is 10.2 Å². The average molecular weight is 237 g/mol. The van der Waals surface area contributed by atoms with Gasteiger partial charge in [0.25, 0.3) is 5.24 Å². The van der Waals surface area contributed by atoms with Crippen LogP contribution in [-0.2, 0) is 9.59 Å². The van der Waals surface area contributed by atoms with Crippen molar-refractivity contribution in [3.05, 3.63) is 0 Å². The number of nitrogens with one attached hydrogen (secondary N) is 1. The molecule has 0 aromatic carbocycles. The van der Waals surface area contributed by atoms with E-state index in [1.807, 2.05) is 0 Å². The summed E-state index contributed by atoms with van der Waals surface area (Å²) in [4.78, 5) is 34.0. The molecule has 1 aliphatic heterocycles. The highest BCUT2D eigenvalue weighted by Gasteiger charge is 2.29. The van der Waals surface area contributed by atoms with E-state index in [0.29, 0.717) is 0 Å². The number of thioether (sulfide) groups is 1. The SMILES string of the molecule is O=C(CCl)NCCN1C(=O)CSC1=O. The number of nitrogens with zero attached hydrogens (tertiary/aromatic N) is 1. The number of hydrogen-bond acceptors (Lipinski definition) is 4. The van der Waals surface area contributed by atoms with E-state index in [9.17, 15) is 14.4 Å². The fourth-order valence-corrected chi connectivity index (χ4v) is 1.80. The summed E-state index contributed by atoms with van der Waals surface area (Å²) in [5.74, 6) is -0.433. The quantitative estimate of drug-likeness (QED) is 0.700. The van der Waals surface area contributed by atoms with E-state index in [-0.39, 0.29) is 41.8 Å². The minimum Gasteiger partial charge on any atom is -0.353 e. The summed E-state index contributed by atoms with van der Waals surface area (Å²) >= 11 is 6.22. The normalized spacial score (nSPS) is 16.2. The molecule has 0 atom stereocenters. The molecule has 1 heterocycles. The molecule has 0 aromatic heterocycles. The summed E-state index contributed by atoms with van der Waals surface area (Å²) in [5.41, 5.74) is 0. The van der Waals surface area contributed by atoms with E-state index >= 15 is 0 Å². The Balaban J connectivity index is 2.27. The Hall–Kier alpha value is -0.750. The molecule has 1 rings (SSSR count). The zero-order valence-corrected chi connectivity index (χ0v) is 8.86. The van der Waals surface area contributed by atoms with Crippen molar-refractivity contribution in [2.24, 2.45) is 0 Å². The Bertz CT molecular complexity index is 256. The first kappa shape index (κ1) is 11.3. The fraction of sp³-hybridized carbons (Fsp3) is 0.571. The van der Waals surface area contributed by atoms with Crippen LogP contribution in [0.1, 0.15) is 0 Å². The Labute approximate surface area is 90.1 Å². The van der Waals surface area contributed by atoms with Gasteiger partial charge < -0.3 is 5.32 Å². The molecule has 14 heavy (non-hydrogen) atoms. The van der Waals surface area contributed by atoms with E-state index < -0.39 is 0 Å². The van der Waals surface area contributed by atoms with Crippen LogP contribution in [-0.4, -0.2) is 46.7 Å². The molecule has 0 spiro atoms. The second-order valence-corrected chi connectivity index (χ2v) is 3.78. The first-order valence-electron chi connectivity index (χ1n) is 3.95. The van der Waals surface area contributed by atoms with E-state index in [4.69, 9.17) is 11.6 Å². The van der Waals surface area contributed by atoms with Crippen molar-refractivity contribution < 1.29 is 14.4 Å². The fourth-order valence-electron chi connectivity index (χ4n) is 0.951. The van der Waals surface area contributed by atoms with Crippen LogP contribution in [0.5, 0.6) is 0 Å². The highest BCUT2D eigenvalue weighted by Crippen LogP contribution is 2.17. The first-order valence-corrected chi connectivity index (χ1v) is 5.47. The Morgan fingerprint density at radius 1 is 1.57 bits per heavy atom. The lowest BCUT2D eigenvalue weighted by molar-refractivity contribution is -0.125. The maximum atomic E-state index is 11.1. The van der Waals surface area contributed by atoms with Crippen LogP contribution >= 0.6 is 23.4 Å². The van der Waals surface area contributed by atoms with Gasteiger partial charge in [-0.05, 0) is 0 Å². The molecule has 0 aromatic rings. The lowest BCUT2D eigenvalue weighted by Gasteiger charge is -2.12. The van der Waals surface area contributed by atoms with E-state index in [1.165, 1.54) is 0 Å². The minimum absolute atomic E-state index is 0.114. The van der Waals surface area contributed by atoms with Gasteiger partial charge in [0.05, 0.1) is 5.75 Å². The zero-order chi connectivity index (χ0) is 10.6. The van der Waals surface area contributed by atoms with Crippen molar-refractivity contribution in [2.75, 3.05) is 24.7 Å². The molecule has 1 aliphatic rings. The number of carbonyl (C=O) groups excluding carboxylic acids is 3. The zero-order valence-electron chi connectivity index (χ0n) is 7.29. The molecule has 0 saturated carbocycles. The van der Waals surface area contributed by atoms with Crippen molar-refractivity contribution >= 4 is 40.4 Å². The Morgan fingerprint density at radius 3 is 2.79 bits per heavy atom. The number of carbonyl (C=O) groups is 3. The second-order valence-electron chi connectivity index (χ2n) is 2.58. The van der Waals surface area contributed by atoms with Gasteiger partial charge in [-0.25, -0.2) is 0 Å². The van der Waals surface area contributed by atoms with Crippen LogP contribution in [0.4, 0.5) is 4.79 Å². The molecule has 0 unspecified atom stereocenters. The first-order chi connectivity index (χ1) is 6.65. The van der Waals surface area contributed by atoms with Crippen molar-refractivity contribution in [1.29, 1.82) is 0 Å². The molecule has 5 nitrogen and oxygen atoms in total. The molecular weight excluding hydrogens is 228 g/mol. The number of amides is 3. The highest BCUT2D eigenvalue weighted by atomic mass is 35.5. The van der Waals surface area contributed by atoms with Crippen LogP contribution in [0, 0.1) is 0 Å². The van der Waals surface area contributed by atoms with Gasteiger partial charge >= 0.3 is 0 Å². The van der Waals surface area contributed by atoms with Gasteiger partial charge in [0.1, 0.15) is 5.88 Å². The van der Waals surface area contributed by atoms with E-state index in [0.717, 1.165) is 16.7 Å². The van der Waals surface area contributed by atoms with Crippen molar-refractivity contribution in [3.8, 4) is 0 Å². The van der Waals surface area contributed by atoms with Gasteiger partial charge in [0.2, 0.25) is 11.8 Å². The van der Waals surface area contributed by atoms with Gasteiger partial charge in [-0.2, -0.15) is 0 Å². The van der Waals surface area contributed by atoms with Gasteiger partial charge in [-0.1, -0.05) is 11.8 Å². The minimum atomic E-state index is -0.307. The number of hydrogen-bond donors (Lipinski definition) is 1. The van der Waals surface area contributed by atoms with E-state index in [1.54, 1.807) is 0 Å². The van der Waals surface area contributed by atoms with Gasteiger partial charge in [0.15, 0.2) is 0 Å². The maximum Gasteiger partial charge on any atom is 0.288 e. The summed E-state index contributed by atoms with van der Waals surface area (Å²) in [6.07, 6.45) is 0. The average Bonchev–Trinajstić information content (AvgIpc) is 2.48. The number of rotatable bonds is 4. The topological polar surface area (TPSA) is 66.5 Å². The molecule has 0 radical (unpaired) electrons. The van der Waals surface area contributed by atoms with Gasteiger partial charge in [-0.3, -0.25) is 19.3 Å². The van der Waals surface area contributed by atoms with Gasteiger partial charge in [-0.15, -0.1) is 11.6 Å². The van der Waals surface area contributed by atoms with Crippen LogP contribution < -0.4 is 5.32 Å². The summed E-state index contributed by atoms with van der Waals surface area (Å²) in [6.45, 7) is 0.469. The number of imide groups is 1. The third kappa shape index (κ3) is 2.88. The monoisotopic (exact) mass is 236 g/mol. The van der Waals surface area contributed by atoms with Crippen LogP contribution in [0.3, 0.4) is 0 Å². The molecule has 78 valence electrons. The number of alkyl halides is 1. The number of halogens is 1. The van der Waals surface area contributed by atoms with Crippen LogP contribution in [0.2, 0.25) is 0 Å². The van der Waals surface area contributed by atoms with Crippen LogP contribution in [0.15, 0.2) is 0 Å². The summed E-state index contributed by atoms with van der Waals surface area (Å²) < 4.78 is 0. The third-order valence-electron chi connectivity index (χ3n) is 1.62. The molecule has 3 amide bonds. The standard InChI is InChI=1S/C7H9ClN2O3S/c8-3-5(11)9-1-2-10-6(12)4-14-7(10)13/h1-4H2,(H,9,11). The molecule has 0 bridgehead atoms. The lowest BCUT2D eigenvalue weighted by Crippen LogP contribution is -2.37. The Morgan fingerprint density at radius 2 is 2.29 bits per heavy atom. The molecule has 1 fully saturated rings. The van der Waals surface area contributed by atoms with Crippen LogP contribution in [0.25, 0.3) is 0 Å². The second kappa shape index (κ2) is 5.21. The smallest absolute Gasteiger partial charge is 0.288 e. The maximum absolute atomic E-state index is 11.1. The predicted octanol–water partition coefficient (Wildman–Crippen LogP) is 0.0368. The summed E-state index contributed by atoms with van der Waals surface area (Å²) in [5, 5.41) is 2.22. The van der Waals surface area contributed by atoms with Crippen molar-refractivity contribution in [2.45, 2.75) is 0 Å². The molecular formula is C7H9ClN2O3S. The largest absolute Gasteiger partial charge is 0.353 e.